The number of anilines is 1. The van der Waals surface area contributed by atoms with Crippen LogP contribution in [0.1, 0.15) is 28.8 Å². The Labute approximate surface area is 107 Å². The van der Waals surface area contributed by atoms with E-state index in [1.54, 1.807) is 12.1 Å². The fourth-order valence-electron chi connectivity index (χ4n) is 2.30. The predicted octanol–water partition coefficient (Wildman–Crippen LogP) is 2.53. The van der Waals surface area contributed by atoms with Gasteiger partial charge < -0.3 is 15.2 Å². The van der Waals surface area contributed by atoms with Gasteiger partial charge in [0.05, 0.1) is 17.9 Å². The molecule has 1 fully saturated rings. The molecule has 4 heteroatoms. The lowest BCUT2D eigenvalue weighted by molar-refractivity contribution is 0.0595. The van der Waals surface area contributed by atoms with E-state index in [0.717, 1.165) is 43.9 Å². The van der Waals surface area contributed by atoms with Crippen LogP contribution in [0.25, 0.3) is 0 Å². The van der Waals surface area contributed by atoms with Gasteiger partial charge in [0, 0.05) is 13.2 Å². The van der Waals surface area contributed by atoms with Crippen LogP contribution in [0, 0.1) is 12.8 Å². The molecule has 18 heavy (non-hydrogen) atoms. The summed E-state index contributed by atoms with van der Waals surface area (Å²) in [5, 5.41) is 12.4. The first-order valence-corrected chi connectivity index (χ1v) is 6.33. The highest BCUT2D eigenvalue weighted by Crippen LogP contribution is 2.22. The minimum Gasteiger partial charge on any atom is -0.478 e. The van der Waals surface area contributed by atoms with E-state index in [1.807, 2.05) is 13.0 Å². The number of ether oxygens (including phenoxy) is 1. The Morgan fingerprint density at radius 1 is 1.56 bits per heavy atom. The molecule has 98 valence electrons. The Morgan fingerprint density at radius 2 is 2.39 bits per heavy atom. The molecule has 2 N–H and O–H groups in total. The molecule has 0 amide bonds. The van der Waals surface area contributed by atoms with Crippen LogP contribution in [0.15, 0.2) is 18.2 Å². The van der Waals surface area contributed by atoms with Crippen molar-refractivity contribution in [2.24, 2.45) is 5.92 Å². The van der Waals surface area contributed by atoms with Crippen molar-refractivity contribution in [2.45, 2.75) is 19.8 Å². The second kappa shape index (κ2) is 5.87. The summed E-state index contributed by atoms with van der Waals surface area (Å²) < 4.78 is 5.42. The number of carboxylic acid groups (broad SMARTS) is 1. The zero-order valence-electron chi connectivity index (χ0n) is 10.6. The third kappa shape index (κ3) is 3.01. The lowest BCUT2D eigenvalue weighted by Crippen LogP contribution is -2.25. The Morgan fingerprint density at radius 3 is 3.06 bits per heavy atom. The van der Waals surface area contributed by atoms with Crippen molar-refractivity contribution in [3.63, 3.8) is 0 Å². The first-order chi connectivity index (χ1) is 8.68. The highest BCUT2D eigenvalue weighted by atomic mass is 16.5. The van der Waals surface area contributed by atoms with E-state index in [1.165, 1.54) is 0 Å². The van der Waals surface area contributed by atoms with Gasteiger partial charge in [-0.25, -0.2) is 4.79 Å². The summed E-state index contributed by atoms with van der Waals surface area (Å²) in [6.07, 6.45) is 2.23. The monoisotopic (exact) mass is 249 g/mol. The maximum Gasteiger partial charge on any atom is 0.337 e. The smallest absolute Gasteiger partial charge is 0.337 e. The van der Waals surface area contributed by atoms with Crippen molar-refractivity contribution >= 4 is 11.7 Å². The van der Waals surface area contributed by atoms with Gasteiger partial charge in [-0.1, -0.05) is 12.1 Å². The van der Waals surface area contributed by atoms with Crippen molar-refractivity contribution in [3.8, 4) is 0 Å². The van der Waals surface area contributed by atoms with Gasteiger partial charge in [-0.2, -0.15) is 0 Å². The van der Waals surface area contributed by atoms with Gasteiger partial charge >= 0.3 is 5.97 Å². The molecule has 2 rings (SSSR count). The molecule has 0 radical (unpaired) electrons. The number of carboxylic acids is 1. The van der Waals surface area contributed by atoms with Gasteiger partial charge in [-0.15, -0.1) is 0 Å². The molecule has 1 saturated heterocycles. The minimum atomic E-state index is -0.888. The van der Waals surface area contributed by atoms with E-state index >= 15 is 0 Å². The first-order valence-electron chi connectivity index (χ1n) is 6.33. The molecule has 1 unspecified atom stereocenters. The molecular formula is C14H19NO3. The number of para-hydroxylation sites is 1. The summed E-state index contributed by atoms with van der Waals surface area (Å²) >= 11 is 0. The number of hydrogen-bond acceptors (Lipinski definition) is 3. The van der Waals surface area contributed by atoms with E-state index < -0.39 is 5.97 Å². The van der Waals surface area contributed by atoms with Crippen molar-refractivity contribution < 1.29 is 14.6 Å². The number of rotatable bonds is 4. The van der Waals surface area contributed by atoms with Crippen molar-refractivity contribution in [3.05, 3.63) is 29.3 Å². The molecule has 0 bridgehead atoms. The number of aryl methyl sites for hydroxylation is 1. The van der Waals surface area contributed by atoms with Crippen molar-refractivity contribution in [2.75, 3.05) is 25.1 Å². The molecule has 1 aliphatic rings. The van der Waals surface area contributed by atoms with E-state index in [4.69, 9.17) is 9.84 Å². The first kappa shape index (κ1) is 12.9. The quantitative estimate of drug-likeness (QED) is 0.861. The van der Waals surface area contributed by atoms with Gasteiger partial charge in [0.2, 0.25) is 0 Å². The third-order valence-electron chi connectivity index (χ3n) is 3.33. The summed E-state index contributed by atoms with van der Waals surface area (Å²) in [6.45, 7) is 4.31. The molecule has 4 nitrogen and oxygen atoms in total. The highest BCUT2D eigenvalue weighted by molar-refractivity contribution is 5.95. The Hall–Kier alpha value is -1.55. The minimum absolute atomic E-state index is 0.340. The topological polar surface area (TPSA) is 58.6 Å². The zero-order chi connectivity index (χ0) is 13.0. The molecule has 0 spiro atoms. The number of carbonyl (C=O) groups is 1. The van der Waals surface area contributed by atoms with Crippen LogP contribution in [0.5, 0.6) is 0 Å². The van der Waals surface area contributed by atoms with Gasteiger partial charge in [0.25, 0.3) is 0 Å². The second-order valence-electron chi connectivity index (χ2n) is 4.77. The number of aromatic carboxylic acids is 1. The second-order valence-corrected chi connectivity index (χ2v) is 4.77. The SMILES string of the molecule is Cc1cccc(C(=O)O)c1NCC1CCCOC1. The number of nitrogens with one attached hydrogen (secondary N) is 1. The molecule has 1 aromatic rings. The molecule has 1 heterocycles. The lowest BCUT2D eigenvalue weighted by atomic mass is 10.0. The van der Waals surface area contributed by atoms with Crippen LogP contribution in [0.3, 0.4) is 0 Å². The molecule has 0 aromatic heterocycles. The Kier molecular flexibility index (Phi) is 4.20. The van der Waals surface area contributed by atoms with Crippen LogP contribution < -0.4 is 5.32 Å². The summed E-state index contributed by atoms with van der Waals surface area (Å²) in [5.41, 5.74) is 2.04. The van der Waals surface area contributed by atoms with Crippen LogP contribution in [0.2, 0.25) is 0 Å². The predicted molar refractivity (Wildman–Crippen MR) is 70.2 cm³/mol. The van der Waals surface area contributed by atoms with Gasteiger partial charge in [-0.3, -0.25) is 0 Å². The van der Waals surface area contributed by atoms with E-state index in [-0.39, 0.29) is 0 Å². The Bertz CT molecular complexity index is 425. The van der Waals surface area contributed by atoms with E-state index in [2.05, 4.69) is 5.32 Å². The standard InChI is InChI=1S/C14H19NO3/c1-10-4-2-6-12(14(16)17)13(10)15-8-11-5-3-7-18-9-11/h2,4,6,11,15H,3,5,7-9H2,1H3,(H,16,17). The summed E-state index contributed by atoms with van der Waals surface area (Å²) in [6, 6.07) is 5.33. The Balaban J connectivity index is 2.05. The van der Waals surface area contributed by atoms with E-state index in [0.29, 0.717) is 11.5 Å². The summed E-state index contributed by atoms with van der Waals surface area (Å²) in [5.74, 6) is -0.416. The molecule has 0 saturated carbocycles. The molecule has 1 atom stereocenters. The maximum absolute atomic E-state index is 11.2. The van der Waals surface area contributed by atoms with Crippen LogP contribution >= 0.6 is 0 Å². The van der Waals surface area contributed by atoms with Crippen molar-refractivity contribution in [1.29, 1.82) is 0 Å². The fraction of sp³-hybridized carbons (Fsp3) is 0.500. The summed E-state index contributed by atoms with van der Waals surface area (Å²) in [4.78, 5) is 11.2. The summed E-state index contributed by atoms with van der Waals surface area (Å²) in [7, 11) is 0. The number of benzene rings is 1. The van der Waals surface area contributed by atoms with Gasteiger partial charge in [0.1, 0.15) is 0 Å². The van der Waals surface area contributed by atoms with Crippen LogP contribution in [0.4, 0.5) is 5.69 Å². The maximum atomic E-state index is 11.2. The normalized spacial score (nSPS) is 19.5. The van der Waals surface area contributed by atoms with Gasteiger partial charge in [-0.05, 0) is 37.3 Å². The third-order valence-corrected chi connectivity index (χ3v) is 3.33. The van der Waals surface area contributed by atoms with E-state index in [9.17, 15) is 4.79 Å². The largest absolute Gasteiger partial charge is 0.478 e. The fourth-order valence-corrected chi connectivity index (χ4v) is 2.30. The molecule has 1 aliphatic heterocycles. The molecular weight excluding hydrogens is 230 g/mol. The molecule has 1 aromatic carbocycles. The number of hydrogen-bond donors (Lipinski definition) is 2. The zero-order valence-corrected chi connectivity index (χ0v) is 10.6. The van der Waals surface area contributed by atoms with Crippen molar-refractivity contribution in [1.82, 2.24) is 0 Å². The van der Waals surface area contributed by atoms with Crippen LogP contribution in [-0.4, -0.2) is 30.8 Å². The average Bonchev–Trinajstić information content (AvgIpc) is 2.38. The molecule has 0 aliphatic carbocycles. The average molecular weight is 249 g/mol. The van der Waals surface area contributed by atoms with Gasteiger partial charge in [0.15, 0.2) is 0 Å². The highest BCUT2D eigenvalue weighted by Gasteiger charge is 2.16. The van der Waals surface area contributed by atoms with Crippen LogP contribution in [-0.2, 0) is 4.74 Å². The lowest BCUT2D eigenvalue weighted by Gasteiger charge is -2.23.